The molecule has 21 heavy (non-hydrogen) atoms. The summed E-state index contributed by atoms with van der Waals surface area (Å²) < 4.78 is 8.00. The van der Waals surface area contributed by atoms with Gasteiger partial charge in [0.25, 0.3) is 5.91 Å². The smallest absolute Gasteiger partial charge is 0.254 e. The lowest BCUT2D eigenvalue weighted by molar-refractivity contribution is 0.0945. The van der Waals surface area contributed by atoms with Crippen LogP contribution in [0, 0.1) is 5.92 Å². The Labute approximate surface area is 131 Å². The fourth-order valence-corrected chi connectivity index (χ4v) is 2.52. The third-order valence-electron chi connectivity index (χ3n) is 3.51. The zero-order chi connectivity index (χ0) is 14.7. The monoisotopic (exact) mass is 349 g/mol. The number of aromatic nitrogens is 2. The normalized spacial score (nSPS) is 17.9. The molecular weight excluding hydrogens is 334 g/mol. The molecule has 1 atom stereocenters. The molecule has 1 aromatic heterocycles. The molecule has 0 bridgehead atoms. The van der Waals surface area contributed by atoms with Crippen LogP contribution in [0.15, 0.2) is 41.1 Å². The van der Waals surface area contributed by atoms with Crippen LogP contribution in [-0.2, 0) is 4.74 Å². The lowest BCUT2D eigenvalue weighted by Gasteiger charge is -2.08. The van der Waals surface area contributed by atoms with E-state index < -0.39 is 0 Å². The molecule has 0 radical (unpaired) electrons. The van der Waals surface area contributed by atoms with Gasteiger partial charge >= 0.3 is 0 Å². The summed E-state index contributed by atoms with van der Waals surface area (Å²) in [5.41, 5.74) is 1.48. The predicted octanol–water partition coefficient (Wildman–Crippen LogP) is 2.40. The molecule has 1 amide bonds. The van der Waals surface area contributed by atoms with E-state index in [1.807, 2.05) is 24.3 Å². The molecule has 6 heteroatoms. The molecule has 2 heterocycles. The first-order valence-corrected chi connectivity index (χ1v) is 7.68. The molecule has 3 rings (SSSR count). The maximum absolute atomic E-state index is 12.1. The zero-order valence-corrected chi connectivity index (χ0v) is 13.0. The Kier molecular flexibility index (Phi) is 4.36. The molecular formula is C15H16BrN3O2. The van der Waals surface area contributed by atoms with Crippen LogP contribution < -0.4 is 5.32 Å². The van der Waals surface area contributed by atoms with Gasteiger partial charge < -0.3 is 10.1 Å². The molecule has 1 N–H and O–H groups in total. The predicted molar refractivity (Wildman–Crippen MR) is 82.5 cm³/mol. The molecule has 1 aliphatic heterocycles. The van der Waals surface area contributed by atoms with Gasteiger partial charge in [-0.1, -0.05) is 15.9 Å². The van der Waals surface area contributed by atoms with Crippen LogP contribution in [-0.4, -0.2) is 35.4 Å². The number of carbonyl (C=O) groups is 1. The minimum atomic E-state index is -0.0924. The maximum Gasteiger partial charge on any atom is 0.254 e. The Morgan fingerprint density at radius 3 is 2.95 bits per heavy atom. The minimum absolute atomic E-state index is 0.0924. The van der Waals surface area contributed by atoms with Crippen molar-refractivity contribution in [3.05, 3.63) is 46.7 Å². The van der Waals surface area contributed by atoms with Crippen molar-refractivity contribution in [3.8, 4) is 5.69 Å². The first-order chi connectivity index (χ1) is 10.2. The number of nitrogens with zero attached hydrogens (tertiary/aromatic N) is 2. The highest BCUT2D eigenvalue weighted by atomic mass is 79.9. The van der Waals surface area contributed by atoms with Gasteiger partial charge in [-0.25, -0.2) is 4.68 Å². The van der Waals surface area contributed by atoms with Gasteiger partial charge in [0.1, 0.15) is 0 Å². The molecule has 0 saturated carbocycles. The molecule has 0 spiro atoms. The SMILES string of the molecule is O=C(NC[C@H]1CCOC1)c1cnn(-c2ccc(Br)cc2)c1. The third-order valence-corrected chi connectivity index (χ3v) is 4.04. The highest BCUT2D eigenvalue weighted by Gasteiger charge is 2.17. The van der Waals surface area contributed by atoms with Crippen LogP contribution in [0.25, 0.3) is 5.69 Å². The van der Waals surface area contributed by atoms with Gasteiger partial charge in [-0.15, -0.1) is 0 Å². The summed E-state index contributed by atoms with van der Waals surface area (Å²) in [4.78, 5) is 12.1. The van der Waals surface area contributed by atoms with Crippen molar-refractivity contribution < 1.29 is 9.53 Å². The third kappa shape index (κ3) is 3.51. The van der Waals surface area contributed by atoms with Crippen LogP contribution in [0.5, 0.6) is 0 Å². The van der Waals surface area contributed by atoms with Crippen molar-refractivity contribution in [2.75, 3.05) is 19.8 Å². The van der Waals surface area contributed by atoms with Crippen molar-refractivity contribution in [2.24, 2.45) is 5.92 Å². The van der Waals surface area contributed by atoms with Crippen LogP contribution in [0.4, 0.5) is 0 Å². The minimum Gasteiger partial charge on any atom is -0.381 e. The van der Waals surface area contributed by atoms with Gasteiger partial charge in [-0.2, -0.15) is 5.10 Å². The van der Waals surface area contributed by atoms with E-state index in [2.05, 4.69) is 26.3 Å². The van der Waals surface area contributed by atoms with Crippen LogP contribution in [0.1, 0.15) is 16.8 Å². The van der Waals surface area contributed by atoms with Gasteiger partial charge in [-0.3, -0.25) is 4.79 Å². The standard InChI is InChI=1S/C15H16BrN3O2/c16-13-1-3-14(4-2-13)19-9-12(8-18-19)15(20)17-7-11-5-6-21-10-11/h1-4,8-9,11H,5-7,10H2,(H,17,20)/t11-/m1/s1. The number of benzene rings is 1. The number of hydrogen-bond donors (Lipinski definition) is 1. The molecule has 5 nitrogen and oxygen atoms in total. The molecule has 110 valence electrons. The first kappa shape index (κ1) is 14.3. The summed E-state index contributed by atoms with van der Waals surface area (Å²) in [7, 11) is 0. The topological polar surface area (TPSA) is 56.1 Å². The number of halogens is 1. The molecule has 1 aliphatic rings. The van der Waals surface area contributed by atoms with E-state index in [0.717, 1.165) is 29.8 Å². The number of rotatable bonds is 4. The van der Waals surface area contributed by atoms with E-state index in [-0.39, 0.29) is 5.91 Å². The summed E-state index contributed by atoms with van der Waals surface area (Å²) in [5.74, 6) is 0.334. The summed E-state index contributed by atoms with van der Waals surface area (Å²) in [5, 5.41) is 7.17. The lowest BCUT2D eigenvalue weighted by atomic mass is 10.1. The maximum atomic E-state index is 12.1. The van der Waals surface area contributed by atoms with Crippen molar-refractivity contribution in [1.82, 2.24) is 15.1 Å². The van der Waals surface area contributed by atoms with Crippen molar-refractivity contribution in [1.29, 1.82) is 0 Å². The van der Waals surface area contributed by atoms with E-state index in [9.17, 15) is 4.79 Å². The fraction of sp³-hybridized carbons (Fsp3) is 0.333. The average molecular weight is 350 g/mol. The number of nitrogens with one attached hydrogen (secondary N) is 1. The second kappa shape index (κ2) is 6.41. The number of amides is 1. The van der Waals surface area contributed by atoms with Gasteiger partial charge in [0, 0.05) is 29.7 Å². The average Bonchev–Trinajstić information content (AvgIpc) is 3.17. The Balaban J connectivity index is 1.63. The molecule has 0 unspecified atom stereocenters. The largest absolute Gasteiger partial charge is 0.381 e. The Bertz CT molecular complexity index is 618. The fourth-order valence-electron chi connectivity index (χ4n) is 2.26. The van der Waals surface area contributed by atoms with Gasteiger partial charge in [-0.05, 0) is 30.7 Å². The van der Waals surface area contributed by atoms with Gasteiger partial charge in [0.05, 0.1) is 24.1 Å². The molecule has 1 saturated heterocycles. The number of ether oxygens (including phenoxy) is 1. The summed E-state index contributed by atoms with van der Waals surface area (Å²) in [6.45, 7) is 2.18. The van der Waals surface area contributed by atoms with E-state index >= 15 is 0 Å². The highest BCUT2D eigenvalue weighted by molar-refractivity contribution is 9.10. The van der Waals surface area contributed by atoms with E-state index in [0.29, 0.717) is 18.0 Å². The Morgan fingerprint density at radius 2 is 2.24 bits per heavy atom. The quantitative estimate of drug-likeness (QED) is 0.921. The first-order valence-electron chi connectivity index (χ1n) is 6.89. The van der Waals surface area contributed by atoms with Crippen LogP contribution in [0.2, 0.25) is 0 Å². The summed E-state index contributed by atoms with van der Waals surface area (Å²) in [6, 6.07) is 7.76. The van der Waals surface area contributed by atoms with Gasteiger partial charge in [0.2, 0.25) is 0 Å². The van der Waals surface area contributed by atoms with Crippen molar-refractivity contribution in [3.63, 3.8) is 0 Å². The highest BCUT2D eigenvalue weighted by Crippen LogP contribution is 2.14. The van der Waals surface area contributed by atoms with E-state index in [1.54, 1.807) is 17.1 Å². The van der Waals surface area contributed by atoms with E-state index in [1.165, 1.54) is 0 Å². The van der Waals surface area contributed by atoms with Crippen molar-refractivity contribution in [2.45, 2.75) is 6.42 Å². The number of carbonyl (C=O) groups excluding carboxylic acids is 1. The Morgan fingerprint density at radius 1 is 1.43 bits per heavy atom. The van der Waals surface area contributed by atoms with Crippen LogP contribution in [0.3, 0.4) is 0 Å². The molecule has 2 aromatic rings. The van der Waals surface area contributed by atoms with Crippen molar-refractivity contribution >= 4 is 21.8 Å². The zero-order valence-electron chi connectivity index (χ0n) is 11.5. The number of hydrogen-bond acceptors (Lipinski definition) is 3. The van der Waals surface area contributed by atoms with Crippen LogP contribution >= 0.6 is 15.9 Å². The molecule has 1 fully saturated rings. The second-order valence-corrected chi connectivity index (χ2v) is 6.01. The summed E-state index contributed by atoms with van der Waals surface area (Å²) in [6.07, 6.45) is 4.34. The summed E-state index contributed by atoms with van der Waals surface area (Å²) >= 11 is 3.40. The molecule has 1 aromatic carbocycles. The van der Waals surface area contributed by atoms with E-state index in [4.69, 9.17) is 4.74 Å². The second-order valence-electron chi connectivity index (χ2n) is 5.09. The lowest BCUT2D eigenvalue weighted by Crippen LogP contribution is -2.29. The Hall–Kier alpha value is -1.66. The molecule has 0 aliphatic carbocycles. The van der Waals surface area contributed by atoms with Gasteiger partial charge in [0.15, 0.2) is 0 Å².